The third-order valence-corrected chi connectivity index (χ3v) is 8.42. The van der Waals surface area contributed by atoms with Crippen LogP contribution in [0.2, 0.25) is 0 Å². The van der Waals surface area contributed by atoms with Crippen LogP contribution in [0.25, 0.3) is 0 Å². The lowest BCUT2D eigenvalue weighted by Crippen LogP contribution is -2.29. The molecular weight excluding hydrogens is 448 g/mol. The molecule has 1 aliphatic carbocycles. The number of ether oxygens (including phenoxy) is 1. The molecule has 0 bridgehead atoms. The Hall–Kier alpha value is -3.17. The van der Waals surface area contributed by atoms with Crippen molar-refractivity contribution in [2.24, 2.45) is 0 Å². The van der Waals surface area contributed by atoms with Crippen LogP contribution in [0.4, 0.5) is 10.7 Å². The van der Waals surface area contributed by atoms with E-state index in [-0.39, 0.29) is 16.1 Å². The summed E-state index contributed by atoms with van der Waals surface area (Å²) in [5.74, 6) is -0.988. The number of thiophene rings is 1. The first-order valence-electron chi connectivity index (χ1n) is 10.0. The molecule has 166 valence electrons. The number of benzene rings is 2. The Morgan fingerprint density at radius 1 is 1.03 bits per heavy atom. The Morgan fingerprint density at radius 2 is 1.72 bits per heavy atom. The average Bonchev–Trinajstić information content (AvgIpc) is 3.39. The predicted molar refractivity (Wildman–Crippen MR) is 124 cm³/mol. The molecule has 1 heterocycles. The fourth-order valence-electron chi connectivity index (χ4n) is 3.80. The minimum Gasteiger partial charge on any atom is -0.465 e. The van der Waals surface area contributed by atoms with E-state index in [0.29, 0.717) is 10.6 Å². The van der Waals surface area contributed by atoms with Gasteiger partial charge in [-0.3, -0.25) is 9.10 Å². The van der Waals surface area contributed by atoms with Gasteiger partial charge in [0.1, 0.15) is 5.00 Å². The van der Waals surface area contributed by atoms with Crippen molar-refractivity contribution in [3.8, 4) is 0 Å². The third kappa shape index (κ3) is 3.89. The number of hydrogen-bond acceptors (Lipinski definition) is 6. The van der Waals surface area contributed by atoms with E-state index in [2.05, 4.69) is 5.32 Å². The van der Waals surface area contributed by atoms with Gasteiger partial charge < -0.3 is 10.1 Å². The molecule has 1 N–H and O–H groups in total. The van der Waals surface area contributed by atoms with Crippen LogP contribution >= 0.6 is 11.3 Å². The minimum atomic E-state index is -3.86. The number of para-hydroxylation sites is 1. The lowest BCUT2D eigenvalue weighted by molar-refractivity contribution is 0.0601. The summed E-state index contributed by atoms with van der Waals surface area (Å²) >= 11 is 1.37. The number of sulfonamides is 1. The number of methoxy groups -OCH3 is 1. The Bertz CT molecular complexity index is 1280. The van der Waals surface area contributed by atoms with Gasteiger partial charge in [-0.2, -0.15) is 0 Å². The summed E-state index contributed by atoms with van der Waals surface area (Å²) in [7, 11) is -1.14. The molecule has 1 aromatic heterocycles. The molecule has 0 fully saturated rings. The molecule has 0 aliphatic heterocycles. The Kier molecular flexibility index (Phi) is 6.03. The average molecular weight is 471 g/mol. The second-order valence-electron chi connectivity index (χ2n) is 7.31. The van der Waals surface area contributed by atoms with E-state index in [1.54, 1.807) is 42.5 Å². The molecule has 7 nitrogen and oxygen atoms in total. The zero-order valence-corrected chi connectivity index (χ0v) is 19.3. The highest BCUT2D eigenvalue weighted by atomic mass is 32.2. The van der Waals surface area contributed by atoms with Gasteiger partial charge in [-0.05, 0) is 49.1 Å². The molecule has 0 unspecified atom stereocenters. The highest BCUT2D eigenvalue weighted by Crippen LogP contribution is 2.40. The molecule has 0 radical (unpaired) electrons. The van der Waals surface area contributed by atoms with Crippen molar-refractivity contribution < 1.29 is 22.7 Å². The number of carbonyl (C=O) groups excluding carboxylic acids is 2. The number of hydrogen-bond donors (Lipinski definition) is 1. The van der Waals surface area contributed by atoms with E-state index in [4.69, 9.17) is 4.74 Å². The van der Waals surface area contributed by atoms with Gasteiger partial charge in [0.2, 0.25) is 0 Å². The molecule has 2 aromatic carbocycles. The second-order valence-corrected chi connectivity index (χ2v) is 10.4. The summed E-state index contributed by atoms with van der Waals surface area (Å²) in [6, 6.07) is 14.5. The van der Waals surface area contributed by atoms with Crippen molar-refractivity contribution in [2.45, 2.75) is 24.2 Å². The van der Waals surface area contributed by atoms with Crippen LogP contribution in [-0.4, -0.2) is 34.5 Å². The molecular formula is C23H22N2O5S2. The van der Waals surface area contributed by atoms with Crippen molar-refractivity contribution in [3.05, 3.63) is 76.2 Å². The molecule has 0 saturated heterocycles. The number of anilines is 2. The lowest BCUT2D eigenvalue weighted by Gasteiger charge is -2.22. The molecule has 0 saturated carbocycles. The fraction of sp³-hybridized carbons (Fsp3) is 0.217. The van der Waals surface area contributed by atoms with Crippen LogP contribution in [0.5, 0.6) is 0 Å². The van der Waals surface area contributed by atoms with Gasteiger partial charge in [0, 0.05) is 11.9 Å². The van der Waals surface area contributed by atoms with E-state index in [0.717, 1.165) is 34.0 Å². The minimum absolute atomic E-state index is 0.125. The SMILES string of the molecule is COC(=O)c1c(NC(=O)c2ccccc2N(C)S(=O)(=O)c2ccccc2)sc2c1CCC2. The maximum atomic E-state index is 13.2. The summed E-state index contributed by atoms with van der Waals surface area (Å²) in [6.07, 6.45) is 2.58. The maximum absolute atomic E-state index is 13.2. The second kappa shape index (κ2) is 8.76. The Morgan fingerprint density at radius 3 is 2.44 bits per heavy atom. The van der Waals surface area contributed by atoms with Crippen molar-refractivity contribution in [3.63, 3.8) is 0 Å². The smallest absolute Gasteiger partial charge is 0.341 e. The van der Waals surface area contributed by atoms with E-state index in [1.807, 2.05) is 0 Å². The number of nitrogens with zero attached hydrogens (tertiary/aromatic N) is 1. The van der Waals surface area contributed by atoms with Crippen molar-refractivity contribution in [2.75, 3.05) is 23.8 Å². The zero-order valence-electron chi connectivity index (χ0n) is 17.6. The fourth-order valence-corrected chi connectivity index (χ4v) is 6.31. The number of esters is 1. The summed E-state index contributed by atoms with van der Waals surface area (Å²) in [4.78, 5) is 26.8. The Labute approximate surface area is 190 Å². The van der Waals surface area contributed by atoms with Crippen LogP contribution in [0.1, 0.15) is 37.6 Å². The number of fused-ring (bicyclic) bond motifs is 1. The Balaban J connectivity index is 1.69. The van der Waals surface area contributed by atoms with Gasteiger partial charge in [0.05, 0.1) is 28.8 Å². The summed E-state index contributed by atoms with van der Waals surface area (Å²) in [5.41, 5.74) is 1.73. The number of rotatable bonds is 6. The van der Waals surface area contributed by atoms with Gasteiger partial charge in [-0.15, -0.1) is 11.3 Å². The monoisotopic (exact) mass is 470 g/mol. The van der Waals surface area contributed by atoms with Crippen LogP contribution < -0.4 is 9.62 Å². The summed E-state index contributed by atoms with van der Waals surface area (Å²) in [5, 5.41) is 3.24. The van der Waals surface area contributed by atoms with Crippen molar-refractivity contribution in [1.29, 1.82) is 0 Å². The molecule has 3 aromatic rings. The van der Waals surface area contributed by atoms with Gasteiger partial charge in [-0.25, -0.2) is 13.2 Å². The maximum Gasteiger partial charge on any atom is 0.341 e. The van der Waals surface area contributed by atoms with Gasteiger partial charge in [0.15, 0.2) is 0 Å². The zero-order chi connectivity index (χ0) is 22.9. The van der Waals surface area contributed by atoms with Crippen LogP contribution in [0, 0.1) is 0 Å². The lowest BCUT2D eigenvalue weighted by atomic mass is 10.1. The van der Waals surface area contributed by atoms with E-state index < -0.39 is 21.9 Å². The topological polar surface area (TPSA) is 92.8 Å². The molecule has 9 heteroatoms. The van der Waals surface area contributed by atoms with Crippen LogP contribution in [0.3, 0.4) is 0 Å². The predicted octanol–water partition coefficient (Wildman–Crippen LogP) is 4.10. The van der Waals surface area contributed by atoms with Gasteiger partial charge >= 0.3 is 5.97 Å². The largest absolute Gasteiger partial charge is 0.465 e. The number of amides is 1. The highest BCUT2D eigenvalue weighted by Gasteiger charge is 2.30. The number of nitrogens with one attached hydrogen (secondary N) is 1. The van der Waals surface area contributed by atoms with E-state index in [1.165, 1.54) is 37.6 Å². The normalized spacial score (nSPS) is 12.8. The standard InChI is InChI=1S/C23H22N2O5S2/c1-25(32(28,29)15-9-4-3-5-10-15)18-13-7-6-11-16(18)21(26)24-22-20(23(27)30-2)17-12-8-14-19(17)31-22/h3-7,9-11,13H,8,12,14H2,1-2H3,(H,24,26). The quantitative estimate of drug-likeness (QED) is 0.548. The molecule has 32 heavy (non-hydrogen) atoms. The molecule has 1 aliphatic rings. The summed E-state index contributed by atoms with van der Waals surface area (Å²) in [6.45, 7) is 0. The van der Waals surface area contributed by atoms with E-state index in [9.17, 15) is 18.0 Å². The van der Waals surface area contributed by atoms with Crippen LogP contribution in [0.15, 0.2) is 59.5 Å². The first-order chi connectivity index (χ1) is 15.3. The third-order valence-electron chi connectivity index (χ3n) is 5.43. The first-order valence-corrected chi connectivity index (χ1v) is 12.3. The molecule has 4 rings (SSSR count). The summed E-state index contributed by atoms with van der Waals surface area (Å²) < 4.78 is 32.2. The van der Waals surface area contributed by atoms with Crippen molar-refractivity contribution in [1.82, 2.24) is 0 Å². The number of carbonyl (C=O) groups is 2. The molecule has 0 atom stereocenters. The highest BCUT2D eigenvalue weighted by molar-refractivity contribution is 7.92. The van der Waals surface area contributed by atoms with Gasteiger partial charge in [-0.1, -0.05) is 30.3 Å². The van der Waals surface area contributed by atoms with Gasteiger partial charge in [0.25, 0.3) is 15.9 Å². The van der Waals surface area contributed by atoms with Crippen LogP contribution in [-0.2, 0) is 27.6 Å². The number of aryl methyl sites for hydroxylation is 1. The molecule has 0 spiro atoms. The first kappa shape index (κ1) is 22.0. The van der Waals surface area contributed by atoms with Crippen molar-refractivity contribution >= 4 is 43.9 Å². The van der Waals surface area contributed by atoms with E-state index >= 15 is 0 Å². The molecule has 1 amide bonds.